The molecule has 3 nitrogen and oxygen atoms in total. The lowest BCUT2D eigenvalue weighted by Gasteiger charge is -2.07. The van der Waals surface area contributed by atoms with Crippen LogP contribution in [0.2, 0.25) is 0 Å². The highest BCUT2D eigenvalue weighted by Gasteiger charge is 2.12. The highest BCUT2D eigenvalue weighted by Crippen LogP contribution is 2.35. The zero-order valence-electron chi connectivity index (χ0n) is 9.83. The van der Waals surface area contributed by atoms with Gasteiger partial charge in [0, 0.05) is 17.0 Å². The molecule has 1 aromatic heterocycles. The molecule has 4 heteroatoms. The van der Waals surface area contributed by atoms with E-state index in [0.29, 0.717) is 21.2 Å². The van der Waals surface area contributed by atoms with E-state index in [-0.39, 0.29) is 11.5 Å². The van der Waals surface area contributed by atoms with E-state index in [1.807, 2.05) is 30.3 Å². The van der Waals surface area contributed by atoms with Crippen molar-refractivity contribution in [3.63, 3.8) is 0 Å². The Kier molecular flexibility index (Phi) is 2.72. The third-order valence-corrected chi connectivity index (χ3v) is 3.30. The molecule has 2 aromatic carbocycles. The standard InChI is InChI=1S/C15H10O3S/c16-10-6-7-11-12(8-10)18-14(13(17)15(11)19)9-4-2-1-3-5-9/h1-8,16-17H. The fourth-order valence-corrected chi connectivity index (χ4v) is 2.22. The average Bonchev–Trinajstić information content (AvgIpc) is 2.43. The molecule has 94 valence electrons. The second-order valence-corrected chi connectivity index (χ2v) is 4.56. The zero-order chi connectivity index (χ0) is 13.4. The van der Waals surface area contributed by atoms with Crippen LogP contribution in [0.4, 0.5) is 0 Å². The minimum Gasteiger partial charge on any atom is -0.508 e. The van der Waals surface area contributed by atoms with Crippen LogP contribution in [0, 0.1) is 4.51 Å². The number of hydrogen-bond acceptors (Lipinski definition) is 4. The predicted octanol–water partition coefficient (Wildman–Crippen LogP) is 4.24. The van der Waals surface area contributed by atoms with E-state index in [1.165, 1.54) is 12.1 Å². The summed E-state index contributed by atoms with van der Waals surface area (Å²) >= 11 is 5.23. The van der Waals surface area contributed by atoms with Crippen LogP contribution in [0.25, 0.3) is 22.3 Å². The number of fused-ring (bicyclic) bond motifs is 1. The van der Waals surface area contributed by atoms with Gasteiger partial charge >= 0.3 is 0 Å². The fourth-order valence-electron chi connectivity index (χ4n) is 1.96. The SMILES string of the molecule is Oc1ccc2c(=S)c(O)c(-c3ccccc3)oc2c1. The molecule has 0 atom stereocenters. The first-order valence-corrected chi connectivity index (χ1v) is 6.12. The maximum atomic E-state index is 10.2. The summed E-state index contributed by atoms with van der Waals surface area (Å²) in [6.45, 7) is 0. The Morgan fingerprint density at radius 2 is 1.68 bits per heavy atom. The van der Waals surface area contributed by atoms with Crippen LogP contribution in [-0.2, 0) is 0 Å². The lowest BCUT2D eigenvalue weighted by Crippen LogP contribution is -1.83. The van der Waals surface area contributed by atoms with Crippen LogP contribution < -0.4 is 0 Å². The van der Waals surface area contributed by atoms with Crippen molar-refractivity contribution in [2.75, 3.05) is 0 Å². The number of aromatic hydroxyl groups is 2. The Labute approximate surface area is 114 Å². The van der Waals surface area contributed by atoms with Crippen LogP contribution in [0.3, 0.4) is 0 Å². The van der Waals surface area contributed by atoms with Gasteiger partial charge in [0.15, 0.2) is 11.5 Å². The maximum absolute atomic E-state index is 10.2. The van der Waals surface area contributed by atoms with Crippen LogP contribution >= 0.6 is 12.2 Å². The van der Waals surface area contributed by atoms with Gasteiger partial charge in [0.2, 0.25) is 0 Å². The molecule has 0 fully saturated rings. The molecular formula is C15H10O3S. The lowest BCUT2D eigenvalue weighted by molar-refractivity contribution is 0.450. The van der Waals surface area contributed by atoms with Gasteiger partial charge in [0.05, 0.1) is 4.51 Å². The van der Waals surface area contributed by atoms with Crippen LogP contribution in [0.5, 0.6) is 11.5 Å². The largest absolute Gasteiger partial charge is 0.508 e. The summed E-state index contributed by atoms with van der Waals surface area (Å²) in [6, 6.07) is 13.8. The Bertz CT molecular complexity index is 807. The van der Waals surface area contributed by atoms with Crippen molar-refractivity contribution in [1.29, 1.82) is 0 Å². The fraction of sp³-hybridized carbons (Fsp3) is 0. The van der Waals surface area contributed by atoms with Crippen LogP contribution in [0.1, 0.15) is 0 Å². The molecule has 19 heavy (non-hydrogen) atoms. The molecule has 0 radical (unpaired) electrons. The predicted molar refractivity (Wildman–Crippen MR) is 75.8 cm³/mol. The number of benzene rings is 2. The summed E-state index contributed by atoms with van der Waals surface area (Å²) in [5.41, 5.74) is 1.18. The molecule has 0 aliphatic rings. The van der Waals surface area contributed by atoms with Gasteiger partial charge in [-0.25, -0.2) is 0 Å². The molecule has 3 rings (SSSR count). The molecule has 1 heterocycles. The first-order chi connectivity index (χ1) is 9.16. The molecule has 0 saturated heterocycles. The van der Waals surface area contributed by atoms with Crippen molar-refractivity contribution in [3.05, 3.63) is 53.0 Å². The van der Waals surface area contributed by atoms with Crippen LogP contribution in [0.15, 0.2) is 52.9 Å². The number of phenolic OH excluding ortho intramolecular Hbond substituents is 1. The lowest BCUT2D eigenvalue weighted by atomic mass is 10.1. The molecule has 0 bridgehead atoms. The molecular weight excluding hydrogens is 260 g/mol. The maximum Gasteiger partial charge on any atom is 0.178 e. The van der Waals surface area contributed by atoms with Gasteiger partial charge in [0.25, 0.3) is 0 Å². The van der Waals surface area contributed by atoms with Gasteiger partial charge in [-0.3, -0.25) is 0 Å². The van der Waals surface area contributed by atoms with E-state index >= 15 is 0 Å². The van der Waals surface area contributed by atoms with Gasteiger partial charge < -0.3 is 14.6 Å². The van der Waals surface area contributed by atoms with E-state index in [9.17, 15) is 10.2 Å². The van der Waals surface area contributed by atoms with Crippen molar-refractivity contribution in [1.82, 2.24) is 0 Å². The van der Waals surface area contributed by atoms with Crippen molar-refractivity contribution in [2.45, 2.75) is 0 Å². The molecule has 0 aliphatic heterocycles. The van der Waals surface area contributed by atoms with E-state index in [0.717, 1.165) is 5.56 Å². The molecule has 0 aliphatic carbocycles. The normalized spacial score (nSPS) is 10.7. The zero-order valence-corrected chi connectivity index (χ0v) is 10.6. The molecule has 0 amide bonds. The first-order valence-electron chi connectivity index (χ1n) is 5.71. The third-order valence-electron chi connectivity index (χ3n) is 2.89. The van der Waals surface area contributed by atoms with E-state index in [1.54, 1.807) is 6.07 Å². The first kappa shape index (κ1) is 11.7. The Hall–Kier alpha value is -2.33. The summed E-state index contributed by atoms with van der Waals surface area (Å²) in [5, 5.41) is 20.3. The van der Waals surface area contributed by atoms with Crippen molar-refractivity contribution in [3.8, 4) is 22.8 Å². The van der Waals surface area contributed by atoms with Gasteiger partial charge in [-0.1, -0.05) is 42.5 Å². The van der Waals surface area contributed by atoms with Gasteiger partial charge in [-0.2, -0.15) is 0 Å². The van der Waals surface area contributed by atoms with E-state index < -0.39 is 0 Å². The van der Waals surface area contributed by atoms with Gasteiger partial charge in [-0.15, -0.1) is 0 Å². The van der Waals surface area contributed by atoms with Crippen LogP contribution in [-0.4, -0.2) is 10.2 Å². The minimum atomic E-state index is -0.0561. The van der Waals surface area contributed by atoms with E-state index in [2.05, 4.69) is 0 Å². The van der Waals surface area contributed by atoms with Crippen molar-refractivity contribution >= 4 is 23.2 Å². The molecule has 0 spiro atoms. The summed E-state index contributed by atoms with van der Waals surface area (Å²) in [4.78, 5) is 0. The molecule has 2 N–H and O–H groups in total. The number of hydrogen-bond donors (Lipinski definition) is 2. The Morgan fingerprint density at radius 1 is 0.947 bits per heavy atom. The highest BCUT2D eigenvalue weighted by molar-refractivity contribution is 7.71. The van der Waals surface area contributed by atoms with Gasteiger partial charge in [0.1, 0.15) is 11.3 Å². The van der Waals surface area contributed by atoms with Gasteiger partial charge in [-0.05, 0) is 12.1 Å². The topological polar surface area (TPSA) is 53.6 Å². The van der Waals surface area contributed by atoms with Crippen molar-refractivity contribution < 1.29 is 14.6 Å². The number of phenols is 1. The second kappa shape index (κ2) is 4.40. The summed E-state index contributed by atoms with van der Waals surface area (Å²) in [7, 11) is 0. The molecule has 3 aromatic rings. The Morgan fingerprint density at radius 3 is 2.42 bits per heavy atom. The smallest absolute Gasteiger partial charge is 0.178 e. The molecule has 0 saturated carbocycles. The summed E-state index contributed by atoms with van der Waals surface area (Å²) in [5.74, 6) is 0.346. The summed E-state index contributed by atoms with van der Waals surface area (Å²) < 4.78 is 5.98. The summed E-state index contributed by atoms with van der Waals surface area (Å²) in [6.07, 6.45) is 0. The second-order valence-electron chi connectivity index (χ2n) is 4.16. The highest BCUT2D eigenvalue weighted by atomic mass is 32.1. The monoisotopic (exact) mass is 270 g/mol. The molecule has 0 unspecified atom stereocenters. The number of rotatable bonds is 1. The Balaban J connectivity index is 2.38. The quantitative estimate of drug-likeness (QED) is 0.649. The van der Waals surface area contributed by atoms with E-state index in [4.69, 9.17) is 16.6 Å². The third kappa shape index (κ3) is 1.96. The average molecular weight is 270 g/mol. The minimum absolute atomic E-state index is 0.0561. The van der Waals surface area contributed by atoms with Crippen molar-refractivity contribution in [2.24, 2.45) is 0 Å².